The average molecular weight is 371 g/mol. The van der Waals surface area contributed by atoms with Crippen molar-refractivity contribution in [2.45, 2.75) is 76.2 Å². The van der Waals surface area contributed by atoms with Gasteiger partial charge >= 0.3 is 0 Å². The molecule has 2 aliphatic rings. The van der Waals surface area contributed by atoms with Crippen LogP contribution in [0.1, 0.15) is 73.2 Å². The van der Waals surface area contributed by atoms with Gasteiger partial charge in [0.1, 0.15) is 0 Å². The fourth-order valence-electron chi connectivity index (χ4n) is 4.55. The van der Waals surface area contributed by atoms with Crippen LogP contribution in [0.25, 0.3) is 10.4 Å². The van der Waals surface area contributed by atoms with Crippen LogP contribution in [-0.4, -0.2) is 22.2 Å². The van der Waals surface area contributed by atoms with E-state index in [1.165, 1.54) is 51.5 Å². The van der Waals surface area contributed by atoms with E-state index in [-0.39, 0.29) is 12.1 Å². The van der Waals surface area contributed by atoms with Gasteiger partial charge in [0.25, 0.3) is 0 Å². The maximum Gasteiger partial charge on any atom is 0.0934 e. The third kappa shape index (κ3) is 3.47. The van der Waals surface area contributed by atoms with Gasteiger partial charge in [0, 0.05) is 5.54 Å². The van der Waals surface area contributed by atoms with Crippen LogP contribution < -0.4 is 5.73 Å². The zero-order valence-electron chi connectivity index (χ0n) is 15.8. The molecule has 1 aromatic heterocycles. The Hall–Kier alpha value is -1.23. The molecule has 1 saturated carbocycles. The molecule has 2 atom stereocenters. The molecule has 26 heavy (non-hydrogen) atoms. The zero-order chi connectivity index (χ0) is 18.1. The second-order valence-electron chi connectivity index (χ2n) is 8.22. The minimum Gasteiger partial charge on any atom is -0.394 e. The Morgan fingerprint density at radius 3 is 2.96 bits per heavy atom. The number of nitrogens with zero attached hydrogens (tertiary/aromatic N) is 1. The molecule has 1 heterocycles. The van der Waals surface area contributed by atoms with E-state index in [2.05, 4.69) is 25.1 Å². The van der Waals surface area contributed by atoms with Gasteiger partial charge in [0.15, 0.2) is 0 Å². The highest BCUT2D eigenvalue weighted by Crippen LogP contribution is 2.43. The molecular weight excluding hydrogens is 340 g/mol. The Balaban J connectivity index is 1.55. The molecule has 2 aliphatic carbocycles. The lowest BCUT2D eigenvalue weighted by Crippen LogP contribution is -2.40. The molecular formula is C22H30N2OS. The SMILES string of the molecule is CCCCCc1nc2c(s1)-c1ccc([C@@H]3CC[C@@](N)(CO)C3)cc1CC2. The number of aryl methyl sites for hydroxylation is 3. The molecule has 4 heteroatoms. The first-order valence-electron chi connectivity index (χ1n) is 10.1. The molecule has 0 radical (unpaired) electrons. The molecule has 0 saturated heterocycles. The minimum absolute atomic E-state index is 0.0967. The highest BCUT2D eigenvalue weighted by molar-refractivity contribution is 7.15. The summed E-state index contributed by atoms with van der Waals surface area (Å²) in [5.74, 6) is 0.491. The molecule has 3 N–H and O–H groups in total. The molecule has 140 valence electrons. The van der Waals surface area contributed by atoms with Gasteiger partial charge in [-0.1, -0.05) is 38.0 Å². The number of hydrogen-bond donors (Lipinski definition) is 2. The molecule has 0 unspecified atom stereocenters. The number of fused-ring (bicyclic) bond motifs is 3. The van der Waals surface area contributed by atoms with Crippen LogP contribution in [0.5, 0.6) is 0 Å². The predicted octanol–water partition coefficient (Wildman–Crippen LogP) is 4.60. The molecule has 0 amide bonds. The van der Waals surface area contributed by atoms with Gasteiger partial charge in [0.05, 0.1) is 22.2 Å². The number of aliphatic hydroxyl groups is 1. The summed E-state index contributed by atoms with van der Waals surface area (Å²) in [6.45, 7) is 2.35. The van der Waals surface area contributed by atoms with Gasteiger partial charge < -0.3 is 10.8 Å². The van der Waals surface area contributed by atoms with Crippen LogP contribution in [0.4, 0.5) is 0 Å². The van der Waals surface area contributed by atoms with Crippen LogP contribution >= 0.6 is 11.3 Å². The van der Waals surface area contributed by atoms with E-state index < -0.39 is 0 Å². The number of thiazole rings is 1. The molecule has 2 aromatic rings. The summed E-state index contributed by atoms with van der Waals surface area (Å²) in [6.07, 6.45) is 10.0. The Kier molecular flexibility index (Phi) is 5.18. The zero-order valence-corrected chi connectivity index (χ0v) is 16.6. The molecule has 0 spiro atoms. The first-order chi connectivity index (χ1) is 12.6. The lowest BCUT2D eigenvalue weighted by Gasteiger charge is -2.22. The van der Waals surface area contributed by atoms with Crippen molar-refractivity contribution in [2.75, 3.05) is 6.61 Å². The lowest BCUT2D eigenvalue weighted by molar-refractivity contribution is 0.198. The standard InChI is InChI=1S/C22H30N2OS/c1-2-3-4-5-20-24-19-9-7-16-12-15(6-8-18(16)21(19)26-20)17-10-11-22(23,13-17)14-25/h6,8,12,17,25H,2-5,7,9-11,13-14,23H2,1H3/t17-,22+/m1/s1. The summed E-state index contributed by atoms with van der Waals surface area (Å²) >= 11 is 1.91. The van der Waals surface area contributed by atoms with Gasteiger partial charge in [-0.3, -0.25) is 0 Å². The summed E-state index contributed by atoms with van der Waals surface area (Å²) in [5.41, 5.74) is 11.5. The number of aromatic nitrogens is 1. The third-order valence-electron chi connectivity index (χ3n) is 6.17. The Morgan fingerprint density at radius 2 is 2.19 bits per heavy atom. The van der Waals surface area contributed by atoms with Crippen LogP contribution in [0.2, 0.25) is 0 Å². The van der Waals surface area contributed by atoms with E-state index >= 15 is 0 Å². The van der Waals surface area contributed by atoms with Gasteiger partial charge in [-0.15, -0.1) is 11.3 Å². The number of benzene rings is 1. The summed E-state index contributed by atoms with van der Waals surface area (Å²) in [6, 6.07) is 7.01. The average Bonchev–Trinajstić information content (AvgIpc) is 3.25. The Labute approximate surface area is 160 Å². The topological polar surface area (TPSA) is 59.1 Å². The predicted molar refractivity (Wildman–Crippen MR) is 109 cm³/mol. The molecule has 1 aromatic carbocycles. The molecule has 0 aliphatic heterocycles. The smallest absolute Gasteiger partial charge is 0.0934 e. The van der Waals surface area contributed by atoms with E-state index in [4.69, 9.17) is 10.7 Å². The number of rotatable bonds is 6. The molecule has 3 nitrogen and oxygen atoms in total. The second-order valence-corrected chi connectivity index (χ2v) is 9.30. The highest BCUT2D eigenvalue weighted by Gasteiger charge is 2.36. The van der Waals surface area contributed by atoms with Crippen LogP contribution in [0.15, 0.2) is 18.2 Å². The van der Waals surface area contributed by atoms with Crippen molar-refractivity contribution in [3.8, 4) is 10.4 Å². The van der Waals surface area contributed by atoms with Crippen molar-refractivity contribution >= 4 is 11.3 Å². The lowest BCUT2D eigenvalue weighted by atomic mass is 9.87. The van der Waals surface area contributed by atoms with Gasteiger partial charge in [-0.25, -0.2) is 4.98 Å². The maximum absolute atomic E-state index is 9.54. The number of hydrogen-bond acceptors (Lipinski definition) is 4. The largest absolute Gasteiger partial charge is 0.394 e. The van der Waals surface area contributed by atoms with Crippen molar-refractivity contribution in [3.05, 3.63) is 40.0 Å². The van der Waals surface area contributed by atoms with E-state index in [0.29, 0.717) is 5.92 Å². The number of aliphatic hydroxyl groups excluding tert-OH is 1. The summed E-state index contributed by atoms with van der Waals surface area (Å²) in [7, 11) is 0. The molecule has 1 fully saturated rings. The van der Waals surface area contributed by atoms with Crippen molar-refractivity contribution < 1.29 is 5.11 Å². The molecule has 0 bridgehead atoms. The van der Waals surface area contributed by atoms with Crippen LogP contribution in [0.3, 0.4) is 0 Å². The number of unbranched alkanes of at least 4 members (excludes halogenated alkanes) is 2. The maximum atomic E-state index is 9.54. The number of nitrogens with two attached hydrogens (primary N) is 1. The summed E-state index contributed by atoms with van der Waals surface area (Å²) in [5, 5.41) is 10.9. The summed E-state index contributed by atoms with van der Waals surface area (Å²) in [4.78, 5) is 6.33. The molecule has 4 rings (SSSR count). The van der Waals surface area contributed by atoms with Crippen molar-refractivity contribution in [3.63, 3.8) is 0 Å². The van der Waals surface area contributed by atoms with Gasteiger partial charge in [-0.05, 0) is 67.6 Å². The fourth-order valence-corrected chi connectivity index (χ4v) is 5.76. The third-order valence-corrected chi connectivity index (χ3v) is 7.36. The van der Waals surface area contributed by atoms with E-state index in [1.807, 2.05) is 11.3 Å². The van der Waals surface area contributed by atoms with Crippen molar-refractivity contribution in [1.29, 1.82) is 0 Å². The quantitative estimate of drug-likeness (QED) is 0.731. The van der Waals surface area contributed by atoms with E-state index in [9.17, 15) is 5.11 Å². The van der Waals surface area contributed by atoms with Gasteiger partial charge in [-0.2, -0.15) is 0 Å². The van der Waals surface area contributed by atoms with E-state index in [1.54, 1.807) is 0 Å². The van der Waals surface area contributed by atoms with E-state index in [0.717, 1.165) is 38.5 Å². The second kappa shape index (κ2) is 7.41. The highest BCUT2D eigenvalue weighted by atomic mass is 32.1. The van der Waals surface area contributed by atoms with Crippen LogP contribution in [-0.2, 0) is 19.3 Å². The monoisotopic (exact) mass is 370 g/mol. The normalized spacial score (nSPS) is 24.5. The first-order valence-corrected chi connectivity index (χ1v) is 10.9. The summed E-state index contributed by atoms with van der Waals surface area (Å²) < 4.78 is 0. The van der Waals surface area contributed by atoms with Crippen molar-refractivity contribution in [1.82, 2.24) is 4.98 Å². The van der Waals surface area contributed by atoms with Gasteiger partial charge in [0.2, 0.25) is 0 Å². The minimum atomic E-state index is -0.376. The fraction of sp³-hybridized carbons (Fsp3) is 0.591. The Morgan fingerprint density at radius 1 is 1.31 bits per heavy atom. The first kappa shape index (κ1) is 18.1. The van der Waals surface area contributed by atoms with Crippen molar-refractivity contribution in [2.24, 2.45) is 5.73 Å². The Bertz CT molecular complexity index is 784. The van der Waals surface area contributed by atoms with Crippen LogP contribution in [0, 0.1) is 0 Å².